The lowest BCUT2D eigenvalue weighted by atomic mass is 10.0. The van der Waals surface area contributed by atoms with Gasteiger partial charge in [-0.25, -0.2) is 4.79 Å². The van der Waals surface area contributed by atoms with Gasteiger partial charge in [-0.15, -0.1) is 11.3 Å². The number of carbonyl (C=O) groups excluding carboxylic acids is 1. The minimum atomic E-state index is -0.300. The first kappa shape index (κ1) is 13.5. The molecule has 18 heavy (non-hydrogen) atoms. The van der Waals surface area contributed by atoms with E-state index in [1.54, 1.807) is 11.3 Å². The first-order valence-electron chi connectivity index (χ1n) is 6.37. The van der Waals surface area contributed by atoms with Gasteiger partial charge in [0, 0.05) is 18.0 Å². The van der Waals surface area contributed by atoms with E-state index in [9.17, 15) is 4.79 Å². The van der Waals surface area contributed by atoms with Crippen LogP contribution in [0.15, 0.2) is 11.4 Å². The Morgan fingerprint density at radius 2 is 2.39 bits per heavy atom. The van der Waals surface area contributed by atoms with E-state index in [-0.39, 0.29) is 12.0 Å². The van der Waals surface area contributed by atoms with Crippen molar-refractivity contribution < 1.29 is 14.3 Å². The topological polar surface area (TPSA) is 47.6 Å². The van der Waals surface area contributed by atoms with Crippen molar-refractivity contribution in [1.82, 2.24) is 5.32 Å². The Hall–Kier alpha value is -0.910. The molecule has 0 aliphatic carbocycles. The standard InChI is InChI=1S/C13H19NO3S/c1-2-6-16-7-8-17-13(15)12-10-4-9-18-11(10)3-5-14-12/h4,9,12,14H,2-3,5-8H2,1H3. The number of thiophene rings is 1. The molecule has 1 aromatic rings. The molecule has 1 atom stereocenters. The van der Waals surface area contributed by atoms with Gasteiger partial charge in [0.05, 0.1) is 6.61 Å². The number of nitrogens with one attached hydrogen (secondary N) is 1. The van der Waals surface area contributed by atoms with Crippen molar-refractivity contribution in [2.24, 2.45) is 0 Å². The van der Waals surface area contributed by atoms with Gasteiger partial charge in [0.2, 0.25) is 0 Å². The largest absolute Gasteiger partial charge is 0.462 e. The summed E-state index contributed by atoms with van der Waals surface area (Å²) in [6.07, 6.45) is 1.98. The van der Waals surface area contributed by atoms with Gasteiger partial charge >= 0.3 is 5.97 Å². The van der Waals surface area contributed by atoms with Crippen LogP contribution in [0.3, 0.4) is 0 Å². The molecule has 2 heterocycles. The van der Waals surface area contributed by atoms with Crippen LogP contribution in [0.2, 0.25) is 0 Å². The molecule has 0 bridgehead atoms. The van der Waals surface area contributed by atoms with Crippen molar-refractivity contribution >= 4 is 17.3 Å². The van der Waals surface area contributed by atoms with Gasteiger partial charge in [0.1, 0.15) is 12.6 Å². The fourth-order valence-electron chi connectivity index (χ4n) is 1.99. The highest BCUT2D eigenvalue weighted by atomic mass is 32.1. The van der Waals surface area contributed by atoms with Crippen LogP contribution in [-0.2, 0) is 20.7 Å². The van der Waals surface area contributed by atoms with E-state index < -0.39 is 0 Å². The lowest BCUT2D eigenvalue weighted by Crippen LogP contribution is -2.35. The third-order valence-electron chi connectivity index (χ3n) is 2.85. The molecule has 1 aliphatic heterocycles. The maximum atomic E-state index is 12.0. The summed E-state index contributed by atoms with van der Waals surface area (Å²) in [5.74, 6) is -0.200. The number of esters is 1. The Labute approximate surface area is 111 Å². The van der Waals surface area contributed by atoms with Crippen LogP contribution in [0, 0.1) is 0 Å². The first-order chi connectivity index (χ1) is 8.83. The van der Waals surface area contributed by atoms with E-state index in [0.717, 1.165) is 24.9 Å². The fourth-order valence-corrected chi connectivity index (χ4v) is 2.91. The molecule has 5 heteroatoms. The van der Waals surface area contributed by atoms with E-state index in [4.69, 9.17) is 9.47 Å². The summed E-state index contributed by atoms with van der Waals surface area (Å²) in [6.45, 7) is 4.41. The summed E-state index contributed by atoms with van der Waals surface area (Å²) < 4.78 is 10.5. The van der Waals surface area contributed by atoms with E-state index in [1.165, 1.54) is 4.88 Å². The predicted octanol–water partition coefficient (Wildman–Crippen LogP) is 1.90. The SMILES string of the molecule is CCCOCCOC(=O)C1NCCc2sccc21. The minimum Gasteiger partial charge on any atom is -0.462 e. The molecule has 0 radical (unpaired) electrons. The van der Waals surface area contributed by atoms with E-state index in [2.05, 4.69) is 12.2 Å². The summed E-state index contributed by atoms with van der Waals surface area (Å²) >= 11 is 1.71. The lowest BCUT2D eigenvalue weighted by molar-refractivity contribution is -0.148. The second-order valence-corrected chi connectivity index (χ2v) is 5.22. The predicted molar refractivity (Wildman–Crippen MR) is 70.8 cm³/mol. The van der Waals surface area contributed by atoms with E-state index in [0.29, 0.717) is 19.8 Å². The molecule has 1 unspecified atom stereocenters. The van der Waals surface area contributed by atoms with Crippen LogP contribution in [0.1, 0.15) is 29.8 Å². The van der Waals surface area contributed by atoms with Crippen molar-refractivity contribution in [3.05, 3.63) is 21.9 Å². The molecule has 0 spiro atoms. The van der Waals surface area contributed by atoms with Crippen LogP contribution in [0.5, 0.6) is 0 Å². The van der Waals surface area contributed by atoms with Gasteiger partial charge in [0.25, 0.3) is 0 Å². The molecular formula is C13H19NO3S. The van der Waals surface area contributed by atoms with Gasteiger partial charge < -0.3 is 14.8 Å². The molecule has 0 saturated carbocycles. The van der Waals surface area contributed by atoms with Crippen molar-refractivity contribution in [2.45, 2.75) is 25.8 Å². The third kappa shape index (κ3) is 3.31. The zero-order valence-electron chi connectivity index (χ0n) is 10.6. The van der Waals surface area contributed by atoms with E-state index in [1.807, 2.05) is 11.4 Å². The molecular weight excluding hydrogens is 250 g/mol. The Morgan fingerprint density at radius 3 is 3.22 bits per heavy atom. The molecule has 4 nitrogen and oxygen atoms in total. The number of carbonyl (C=O) groups is 1. The highest BCUT2D eigenvalue weighted by Gasteiger charge is 2.27. The molecule has 1 aliphatic rings. The monoisotopic (exact) mass is 269 g/mol. The quantitative estimate of drug-likeness (QED) is 0.633. The average molecular weight is 269 g/mol. The summed E-state index contributed by atoms with van der Waals surface area (Å²) in [4.78, 5) is 13.2. The van der Waals surface area contributed by atoms with Crippen molar-refractivity contribution in [3.63, 3.8) is 0 Å². The highest BCUT2D eigenvalue weighted by Crippen LogP contribution is 2.28. The Balaban J connectivity index is 1.80. The fraction of sp³-hybridized carbons (Fsp3) is 0.615. The van der Waals surface area contributed by atoms with Gasteiger partial charge in [-0.2, -0.15) is 0 Å². The van der Waals surface area contributed by atoms with Gasteiger partial charge in [-0.3, -0.25) is 0 Å². The Kier molecular flexibility index (Phi) is 5.16. The Morgan fingerprint density at radius 1 is 1.50 bits per heavy atom. The number of hydrogen-bond acceptors (Lipinski definition) is 5. The van der Waals surface area contributed by atoms with Gasteiger partial charge in [-0.05, 0) is 29.9 Å². The summed E-state index contributed by atoms with van der Waals surface area (Å²) in [6, 6.07) is 1.71. The van der Waals surface area contributed by atoms with Crippen LogP contribution in [-0.4, -0.2) is 32.3 Å². The van der Waals surface area contributed by atoms with Gasteiger partial charge in [-0.1, -0.05) is 6.92 Å². The third-order valence-corrected chi connectivity index (χ3v) is 3.84. The zero-order valence-corrected chi connectivity index (χ0v) is 11.4. The van der Waals surface area contributed by atoms with Gasteiger partial charge in [0.15, 0.2) is 0 Å². The molecule has 1 aromatic heterocycles. The number of rotatable bonds is 6. The maximum absolute atomic E-state index is 12.0. The molecule has 100 valence electrons. The van der Waals surface area contributed by atoms with Crippen molar-refractivity contribution in [1.29, 1.82) is 0 Å². The van der Waals surface area contributed by atoms with Crippen molar-refractivity contribution in [2.75, 3.05) is 26.4 Å². The lowest BCUT2D eigenvalue weighted by Gasteiger charge is -2.22. The molecule has 2 rings (SSSR count). The van der Waals surface area contributed by atoms with E-state index >= 15 is 0 Å². The smallest absolute Gasteiger partial charge is 0.327 e. The highest BCUT2D eigenvalue weighted by molar-refractivity contribution is 7.10. The number of ether oxygens (including phenoxy) is 2. The Bertz CT molecular complexity index is 391. The maximum Gasteiger partial charge on any atom is 0.327 e. The molecule has 0 saturated heterocycles. The van der Waals surface area contributed by atoms with Crippen LogP contribution < -0.4 is 5.32 Å². The molecule has 0 amide bonds. The minimum absolute atomic E-state index is 0.200. The van der Waals surface area contributed by atoms with Crippen LogP contribution >= 0.6 is 11.3 Å². The zero-order chi connectivity index (χ0) is 12.8. The summed E-state index contributed by atoms with van der Waals surface area (Å²) in [5.41, 5.74) is 1.07. The first-order valence-corrected chi connectivity index (χ1v) is 7.25. The number of fused-ring (bicyclic) bond motifs is 1. The van der Waals surface area contributed by atoms with Crippen LogP contribution in [0.25, 0.3) is 0 Å². The molecule has 0 fully saturated rings. The van der Waals surface area contributed by atoms with Crippen LogP contribution in [0.4, 0.5) is 0 Å². The van der Waals surface area contributed by atoms with Crippen molar-refractivity contribution in [3.8, 4) is 0 Å². The second-order valence-electron chi connectivity index (χ2n) is 4.22. The number of hydrogen-bond donors (Lipinski definition) is 1. The summed E-state index contributed by atoms with van der Waals surface area (Å²) in [7, 11) is 0. The molecule has 1 N–H and O–H groups in total. The second kappa shape index (κ2) is 6.87. The average Bonchev–Trinajstić information content (AvgIpc) is 2.86. The normalized spacial score (nSPS) is 18.4. The summed E-state index contributed by atoms with van der Waals surface area (Å²) in [5, 5.41) is 5.23. The molecule has 0 aromatic carbocycles.